The Morgan fingerprint density at radius 3 is 2.32 bits per heavy atom. The van der Waals surface area contributed by atoms with E-state index >= 15 is 0 Å². The number of rotatable bonds is 6. The van der Waals surface area contributed by atoms with Gasteiger partial charge >= 0.3 is 0 Å². The number of hydrogen-bond donors (Lipinski definition) is 0. The van der Waals surface area contributed by atoms with Crippen LogP contribution < -0.4 is 4.74 Å². The van der Waals surface area contributed by atoms with Crippen molar-refractivity contribution in [3.8, 4) is 5.75 Å². The molecule has 2 saturated heterocycles. The highest BCUT2D eigenvalue weighted by Gasteiger charge is 2.32. The lowest BCUT2D eigenvalue weighted by molar-refractivity contribution is 0.0585. The zero-order valence-electron chi connectivity index (χ0n) is 15.0. The van der Waals surface area contributed by atoms with E-state index in [1.807, 2.05) is 19.1 Å². The Hall–Kier alpha value is -1.18. The Balaban J connectivity index is 1.43. The molecule has 0 unspecified atom stereocenters. The number of likely N-dealkylation sites (tertiary alicyclic amines) is 1. The maximum absolute atomic E-state index is 12.2. The van der Waals surface area contributed by atoms with Crippen LogP contribution in [0.1, 0.15) is 39.0 Å². The summed E-state index contributed by atoms with van der Waals surface area (Å²) < 4.78 is 32.1. The summed E-state index contributed by atoms with van der Waals surface area (Å²) >= 11 is 0. The number of nitrogens with zero attached hydrogens (tertiary/aromatic N) is 3. The van der Waals surface area contributed by atoms with Crippen LogP contribution in [0.4, 0.5) is 0 Å². The summed E-state index contributed by atoms with van der Waals surface area (Å²) in [6.45, 7) is 5.31. The highest BCUT2D eigenvalue weighted by atomic mass is 32.2. The van der Waals surface area contributed by atoms with Gasteiger partial charge in [0.1, 0.15) is 11.9 Å². The van der Waals surface area contributed by atoms with Crippen LogP contribution in [0.25, 0.3) is 0 Å². The normalized spacial score (nSPS) is 22.1. The standard InChI is InChI=1S/C18H29N3O3S/c1-2-15-25(22,23)21-13-5-16(6-14-21)20-11-7-18(8-12-20)24-17-3-9-19-10-4-17/h3-4,9-10,16,18H,2,5-8,11-15H2,1H3. The molecule has 2 aliphatic rings. The van der Waals surface area contributed by atoms with E-state index in [9.17, 15) is 8.42 Å². The predicted molar refractivity (Wildman–Crippen MR) is 98.1 cm³/mol. The van der Waals surface area contributed by atoms with Gasteiger partial charge in [-0.1, -0.05) is 6.92 Å². The number of piperidine rings is 2. The maximum atomic E-state index is 12.2. The summed E-state index contributed by atoms with van der Waals surface area (Å²) in [7, 11) is -3.04. The van der Waals surface area contributed by atoms with Gasteiger partial charge in [0.2, 0.25) is 10.0 Å². The highest BCUT2D eigenvalue weighted by Crippen LogP contribution is 2.24. The van der Waals surface area contributed by atoms with Crippen molar-refractivity contribution in [1.82, 2.24) is 14.2 Å². The highest BCUT2D eigenvalue weighted by molar-refractivity contribution is 7.89. The Kier molecular flexibility index (Phi) is 6.30. The SMILES string of the molecule is CCCS(=O)(=O)N1CCC(N2CCC(Oc3ccncc3)CC2)CC1. The van der Waals surface area contributed by atoms with Crippen LogP contribution in [0.3, 0.4) is 0 Å². The number of aromatic nitrogens is 1. The second-order valence-electron chi connectivity index (χ2n) is 6.98. The van der Waals surface area contributed by atoms with E-state index in [-0.39, 0.29) is 11.9 Å². The van der Waals surface area contributed by atoms with Gasteiger partial charge in [-0.05, 0) is 44.2 Å². The van der Waals surface area contributed by atoms with Gasteiger partial charge in [-0.15, -0.1) is 0 Å². The van der Waals surface area contributed by atoms with Gasteiger partial charge in [0.15, 0.2) is 0 Å². The van der Waals surface area contributed by atoms with Gasteiger partial charge in [-0.25, -0.2) is 12.7 Å². The Morgan fingerprint density at radius 2 is 1.72 bits per heavy atom. The van der Waals surface area contributed by atoms with Crippen LogP contribution in [-0.4, -0.2) is 66.7 Å². The second kappa shape index (κ2) is 8.47. The number of hydrogen-bond acceptors (Lipinski definition) is 5. The third-order valence-electron chi connectivity index (χ3n) is 5.22. The molecule has 3 rings (SSSR count). The minimum atomic E-state index is -3.04. The molecule has 0 saturated carbocycles. The average Bonchev–Trinajstić information content (AvgIpc) is 2.63. The van der Waals surface area contributed by atoms with E-state index in [2.05, 4.69) is 9.88 Å². The summed E-state index contributed by atoms with van der Waals surface area (Å²) in [5.41, 5.74) is 0. The lowest BCUT2D eigenvalue weighted by Crippen LogP contribution is -2.50. The molecule has 140 valence electrons. The Morgan fingerprint density at radius 1 is 1.08 bits per heavy atom. The Labute approximate surface area is 151 Å². The molecule has 2 fully saturated rings. The van der Waals surface area contributed by atoms with Crippen LogP contribution in [0.15, 0.2) is 24.5 Å². The summed E-state index contributed by atoms with van der Waals surface area (Å²) in [6.07, 6.45) is 8.40. The molecule has 1 aromatic rings. The molecule has 0 radical (unpaired) electrons. The van der Waals surface area contributed by atoms with Crippen LogP contribution >= 0.6 is 0 Å². The molecule has 6 nitrogen and oxygen atoms in total. The molecule has 0 amide bonds. The smallest absolute Gasteiger partial charge is 0.214 e. The van der Waals surface area contributed by atoms with Crippen LogP contribution in [0.2, 0.25) is 0 Å². The van der Waals surface area contributed by atoms with Gasteiger partial charge in [0.05, 0.1) is 5.75 Å². The topological polar surface area (TPSA) is 62.7 Å². The molecular formula is C18H29N3O3S. The molecule has 0 bridgehead atoms. The fourth-order valence-electron chi connectivity index (χ4n) is 3.84. The lowest BCUT2D eigenvalue weighted by atomic mass is 10.00. The minimum Gasteiger partial charge on any atom is -0.490 e. The van der Waals surface area contributed by atoms with Crippen molar-refractivity contribution in [3.05, 3.63) is 24.5 Å². The third-order valence-corrected chi connectivity index (χ3v) is 7.30. The summed E-state index contributed by atoms with van der Waals surface area (Å²) in [4.78, 5) is 6.54. The molecule has 3 heterocycles. The van der Waals surface area contributed by atoms with Crippen molar-refractivity contribution >= 4 is 10.0 Å². The summed E-state index contributed by atoms with van der Waals surface area (Å²) in [5, 5.41) is 0. The Bertz CT molecular complexity index is 622. The molecule has 7 heteroatoms. The zero-order valence-corrected chi connectivity index (χ0v) is 15.8. The van der Waals surface area contributed by atoms with Gasteiger partial charge in [-0.2, -0.15) is 0 Å². The van der Waals surface area contributed by atoms with E-state index in [1.54, 1.807) is 16.7 Å². The quantitative estimate of drug-likeness (QED) is 0.771. The van der Waals surface area contributed by atoms with Crippen molar-refractivity contribution < 1.29 is 13.2 Å². The fraction of sp³-hybridized carbons (Fsp3) is 0.722. The van der Waals surface area contributed by atoms with Crippen molar-refractivity contribution in [2.45, 2.75) is 51.2 Å². The number of sulfonamides is 1. The first-order valence-electron chi connectivity index (χ1n) is 9.37. The second-order valence-corrected chi connectivity index (χ2v) is 9.07. The molecule has 0 spiro atoms. The molecule has 0 aliphatic carbocycles. The molecule has 1 aromatic heterocycles. The lowest BCUT2D eigenvalue weighted by Gasteiger charge is -2.41. The summed E-state index contributed by atoms with van der Waals surface area (Å²) in [6, 6.07) is 4.31. The molecule has 0 aromatic carbocycles. The first-order chi connectivity index (χ1) is 12.1. The largest absolute Gasteiger partial charge is 0.490 e. The molecule has 25 heavy (non-hydrogen) atoms. The predicted octanol–water partition coefficient (Wildman–Crippen LogP) is 2.13. The summed E-state index contributed by atoms with van der Waals surface area (Å²) in [5.74, 6) is 1.16. The van der Waals surface area contributed by atoms with E-state index in [1.165, 1.54) is 0 Å². The van der Waals surface area contributed by atoms with E-state index < -0.39 is 10.0 Å². The van der Waals surface area contributed by atoms with E-state index in [4.69, 9.17) is 4.74 Å². The van der Waals surface area contributed by atoms with Crippen molar-refractivity contribution in [3.63, 3.8) is 0 Å². The zero-order chi connectivity index (χ0) is 17.7. The first-order valence-corrected chi connectivity index (χ1v) is 11.0. The van der Waals surface area contributed by atoms with E-state index in [0.717, 1.165) is 44.5 Å². The van der Waals surface area contributed by atoms with Crippen LogP contribution in [0, 0.1) is 0 Å². The van der Waals surface area contributed by atoms with Gasteiger partial charge in [0, 0.05) is 44.6 Å². The number of pyridine rings is 1. The molecule has 2 aliphatic heterocycles. The number of ether oxygens (including phenoxy) is 1. The van der Waals surface area contributed by atoms with Crippen molar-refractivity contribution in [2.24, 2.45) is 0 Å². The third kappa shape index (κ3) is 4.92. The van der Waals surface area contributed by atoms with Crippen LogP contribution in [-0.2, 0) is 10.0 Å². The maximum Gasteiger partial charge on any atom is 0.214 e. The van der Waals surface area contributed by atoms with Gasteiger partial charge < -0.3 is 9.64 Å². The van der Waals surface area contributed by atoms with E-state index in [0.29, 0.717) is 25.6 Å². The molecule has 0 N–H and O–H groups in total. The molecule has 0 atom stereocenters. The minimum absolute atomic E-state index is 0.267. The van der Waals surface area contributed by atoms with Gasteiger partial charge in [0.25, 0.3) is 0 Å². The first kappa shape index (κ1) is 18.6. The van der Waals surface area contributed by atoms with Crippen molar-refractivity contribution in [1.29, 1.82) is 0 Å². The monoisotopic (exact) mass is 367 g/mol. The van der Waals surface area contributed by atoms with Crippen molar-refractivity contribution in [2.75, 3.05) is 31.9 Å². The molecular weight excluding hydrogens is 338 g/mol. The van der Waals surface area contributed by atoms with Gasteiger partial charge in [-0.3, -0.25) is 4.98 Å². The fourth-order valence-corrected chi connectivity index (χ4v) is 5.38. The van der Waals surface area contributed by atoms with Crippen LogP contribution in [0.5, 0.6) is 5.75 Å². The average molecular weight is 368 g/mol.